The molecule has 102 valence electrons. The van der Waals surface area contributed by atoms with Crippen LogP contribution in [0.2, 0.25) is 0 Å². The Balaban J connectivity index is 1.78. The zero-order valence-electron chi connectivity index (χ0n) is 11.2. The topological polar surface area (TPSA) is 52.6 Å². The molecule has 5 heteroatoms. The van der Waals surface area contributed by atoms with E-state index in [9.17, 15) is 9.59 Å². The smallest absolute Gasteiger partial charge is 0.241 e. The number of hydrogen-bond donors (Lipinski definition) is 1. The predicted octanol–water partition coefficient (Wildman–Crippen LogP) is 0.209. The van der Waals surface area contributed by atoms with Crippen molar-refractivity contribution in [1.29, 1.82) is 0 Å². The molecule has 18 heavy (non-hydrogen) atoms. The molecule has 2 rings (SSSR count). The molecule has 0 aromatic rings. The fraction of sp³-hybridized carbons (Fsp3) is 0.846. The number of likely N-dealkylation sites (N-methyl/N-ethyl adjacent to an activating group) is 1. The normalized spacial score (nSPS) is 22.4. The van der Waals surface area contributed by atoms with E-state index in [1.165, 1.54) is 25.7 Å². The minimum Gasteiger partial charge on any atom is -0.344 e. The van der Waals surface area contributed by atoms with Crippen LogP contribution in [-0.4, -0.2) is 60.9 Å². The number of rotatable bonds is 3. The second-order valence-corrected chi connectivity index (χ2v) is 5.35. The Hall–Kier alpha value is -1.10. The van der Waals surface area contributed by atoms with Gasteiger partial charge in [-0.05, 0) is 19.3 Å². The first-order chi connectivity index (χ1) is 8.66. The maximum atomic E-state index is 12.1. The molecule has 0 bridgehead atoms. The lowest BCUT2D eigenvalue weighted by atomic mass is 10.2. The summed E-state index contributed by atoms with van der Waals surface area (Å²) in [6, 6.07) is 0.499. The van der Waals surface area contributed by atoms with Gasteiger partial charge in [-0.3, -0.25) is 9.59 Å². The van der Waals surface area contributed by atoms with Gasteiger partial charge in [-0.25, -0.2) is 0 Å². The Bertz CT molecular complexity index is 313. The molecule has 1 saturated heterocycles. The van der Waals surface area contributed by atoms with Crippen LogP contribution in [0.4, 0.5) is 0 Å². The van der Waals surface area contributed by atoms with Crippen molar-refractivity contribution in [2.75, 3.05) is 33.2 Å². The molecule has 1 aliphatic heterocycles. The van der Waals surface area contributed by atoms with E-state index in [0.29, 0.717) is 19.1 Å². The minimum atomic E-state index is 0.0433. The second-order valence-electron chi connectivity index (χ2n) is 5.35. The van der Waals surface area contributed by atoms with E-state index in [2.05, 4.69) is 5.32 Å². The van der Waals surface area contributed by atoms with Crippen molar-refractivity contribution in [2.24, 2.45) is 0 Å². The van der Waals surface area contributed by atoms with Gasteiger partial charge in [0.1, 0.15) is 0 Å². The molecule has 2 fully saturated rings. The first-order valence-corrected chi connectivity index (χ1v) is 6.92. The van der Waals surface area contributed by atoms with Crippen LogP contribution in [0, 0.1) is 0 Å². The average Bonchev–Trinajstić information content (AvgIpc) is 2.81. The van der Waals surface area contributed by atoms with Crippen LogP contribution in [0.5, 0.6) is 0 Å². The van der Waals surface area contributed by atoms with Crippen molar-refractivity contribution in [2.45, 2.75) is 38.1 Å². The van der Waals surface area contributed by atoms with Gasteiger partial charge in [-0.1, -0.05) is 12.8 Å². The van der Waals surface area contributed by atoms with E-state index >= 15 is 0 Å². The first-order valence-electron chi connectivity index (χ1n) is 6.92. The molecule has 1 saturated carbocycles. The Morgan fingerprint density at radius 2 is 2.00 bits per heavy atom. The predicted molar refractivity (Wildman–Crippen MR) is 69.1 cm³/mol. The van der Waals surface area contributed by atoms with Crippen molar-refractivity contribution in [3.05, 3.63) is 0 Å². The summed E-state index contributed by atoms with van der Waals surface area (Å²) in [5.74, 6) is 0.104. The molecular weight excluding hydrogens is 230 g/mol. The van der Waals surface area contributed by atoms with Crippen LogP contribution >= 0.6 is 0 Å². The Morgan fingerprint density at radius 3 is 2.72 bits per heavy atom. The summed E-state index contributed by atoms with van der Waals surface area (Å²) < 4.78 is 0. The summed E-state index contributed by atoms with van der Waals surface area (Å²) in [5.41, 5.74) is 0. The van der Waals surface area contributed by atoms with Gasteiger partial charge in [-0.15, -0.1) is 0 Å². The zero-order chi connectivity index (χ0) is 13.0. The van der Waals surface area contributed by atoms with Crippen LogP contribution in [0.15, 0.2) is 0 Å². The van der Waals surface area contributed by atoms with Crippen molar-refractivity contribution in [3.8, 4) is 0 Å². The first kappa shape index (κ1) is 13.3. The summed E-state index contributed by atoms with van der Waals surface area (Å²) in [5, 5.41) is 3.31. The van der Waals surface area contributed by atoms with Gasteiger partial charge in [0.05, 0.1) is 13.1 Å². The standard InChI is InChI=1S/C13H23N3O2/c1-15-7-4-8-16(10-13(15)18)12(17)9-14-11-5-2-3-6-11/h11,14H,2-10H2,1H3. The molecule has 0 unspecified atom stereocenters. The monoisotopic (exact) mass is 253 g/mol. The Morgan fingerprint density at radius 1 is 1.28 bits per heavy atom. The maximum absolute atomic E-state index is 12.1. The van der Waals surface area contributed by atoms with Gasteiger partial charge in [0, 0.05) is 26.2 Å². The highest BCUT2D eigenvalue weighted by molar-refractivity contribution is 5.86. The summed E-state index contributed by atoms with van der Waals surface area (Å²) >= 11 is 0. The molecule has 0 atom stereocenters. The van der Waals surface area contributed by atoms with Crippen LogP contribution < -0.4 is 5.32 Å². The molecule has 0 aromatic carbocycles. The minimum absolute atomic E-state index is 0.0433. The highest BCUT2D eigenvalue weighted by Crippen LogP contribution is 2.17. The number of carbonyl (C=O) groups is 2. The fourth-order valence-corrected chi connectivity index (χ4v) is 2.67. The van der Waals surface area contributed by atoms with Crippen molar-refractivity contribution >= 4 is 11.8 Å². The SMILES string of the molecule is CN1CCCN(C(=O)CNC2CCCC2)CC1=O. The molecule has 0 spiro atoms. The van der Waals surface area contributed by atoms with Gasteiger partial charge < -0.3 is 15.1 Å². The molecule has 2 amide bonds. The van der Waals surface area contributed by atoms with Gasteiger partial charge in [0.2, 0.25) is 11.8 Å². The summed E-state index contributed by atoms with van der Waals surface area (Å²) in [6.45, 7) is 2.06. The highest BCUT2D eigenvalue weighted by Gasteiger charge is 2.23. The number of hydrogen-bond acceptors (Lipinski definition) is 3. The summed E-state index contributed by atoms with van der Waals surface area (Å²) in [7, 11) is 1.80. The van der Waals surface area contributed by atoms with Crippen LogP contribution in [0.1, 0.15) is 32.1 Å². The van der Waals surface area contributed by atoms with Crippen LogP contribution in [-0.2, 0) is 9.59 Å². The highest BCUT2D eigenvalue weighted by atomic mass is 16.2. The Labute approximate surface area is 108 Å². The average molecular weight is 253 g/mol. The van der Waals surface area contributed by atoms with Crippen molar-refractivity contribution in [3.63, 3.8) is 0 Å². The fourth-order valence-electron chi connectivity index (χ4n) is 2.67. The van der Waals surface area contributed by atoms with Crippen molar-refractivity contribution in [1.82, 2.24) is 15.1 Å². The third-order valence-corrected chi connectivity index (χ3v) is 3.92. The zero-order valence-corrected chi connectivity index (χ0v) is 11.2. The van der Waals surface area contributed by atoms with E-state index in [1.54, 1.807) is 16.8 Å². The van der Waals surface area contributed by atoms with E-state index in [0.717, 1.165) is 13.0 Å². The number of nitrogens with one attached hydrogen (secondary N) is 1. The third kappa shape index (κ3) is 3.45. The van der Waals surface area contributed by atoms with E-state index < -0.39 is 0 Å². The van der Waals surface area contributed by atoms with Gasteiger partial charge >= 0.3 is 0 Å². The molecule has 2 aliphatic rings. The van der Waals surface area contributed by atoms with E-state index in [1.807, 2.05) is 0 Å². The maximum Gasteiger partial charge on any atom is 0.241 e. The number of nitrogens with zero attached hydrogens (tertiary/aromatic N) is 2. The van der Waals surface area contributed by atoms with Crippen molar-refractivity contribution < 1.29 is 9.59 Å². The van der Waals surface area contributed by atoms with Crippen LogP contribution in [0.3, 0.4) is 0 Å². The largest absolute Gasteiger partial charge is 0.344 e. The van der Waals surface area contributed by atoms with E-state index in [4.69, 9.17) is 0 Å². The molecule has 0 radical (unpaired) electrons. The Kier molecular flexibility index (Phi) is 4.58. The molecule has 0 aromatic heterocycles. The molecule has 1 heterocycles. The molecule has 1 aliphatic carbocycles. The molecular formula is C13H23N3O2. The van der Waals surface area contributed by atoms with Gasteiger partial charge in [-0.2, -0.15) is 0 Å². The van der Waals surface area contributed by atoms with Crippen LogP contribution in [0.25, 0.3) is 0 Å². The second kappa shape index (κ2) is 6.18. The summed E-state index contributed by atoms with van der Waals surface area (Å²) in [6.07, 6.45) is 5.75. The lowest BCUT2D eigenvalue weighted by molar-refractivity contribution is -0.137. The number of carbonyl (C=O) groups excluding carboxylic acids is 2. The van der Waals surface area contributed by atoms with Gasteiger partial charge in [0.15, 0.2) is 0 Å². The molecule has 1 N–H and O–H groups in total. The molecule has 5 nitrogen and oxygen atoms in total. The lowest BCUT2D eigenvalue weighted by Crippen LogP contribution is -2.43. The number of amides is 2. The third-order valence-electron chi connectivity index (χ3n) is 3.92. The van der Waals surface area contributed by atoms with E-state index in [-0.39, 0.29) is 18.4 Å². The lowest BCUT2D eigenvalue weighted by Gasteiger charge is -2.21. The summed E-state index contributed by atoms with van der Waals surface area (Å²) in [4.78, 5) is 27.1. The van der Waals surface area contributed by atoms with Gasteiger partial charge in [0.25, 0.3) is 0 Å². The quantitative estimate of drug-likeness (QED) is 0.782.